The van der Waals surface area contributed by atoms with Crippen molar-refractivity contribution in [2.45, 2.75) is 58.3 Å². The Morgan fingerprint density at radius 3 is 2.54 bits per heavy atom. The number of nitrogens with two attached hydrogens (primary N) is 1. The molecule has 2 aromatic carbocycles. The number of amides is 1. The number of hydrogen-bond acceptors (Lipinski definition) is 6. The Kier molecular flexibility index (Phi) is 8.60. The van der Waals surface area contributed by atoms with Crippen LogP contribution in [0.3, 0.4) is 0 Å². The number of aromatic nitrogens is 4. The van der Waals surface area contributed by atoms with Crippen LogP contribution in [0.25, 0.3) is 28.5 Å². The SMILES string of the molecule is CC(C)CNC(=O)Cc1ccc(Cl)c(F)c1-n1c(C2CCCCC2)nc(-c2nnc(N)o2)c1-c1ccc(F)c(Cl)c1. The minimum absolute atomic E-state index is 0.00687. The summed E-state index contributed by atoms with van der Waals surface area (Å²) >= 11 is 12.6. The van der Waals surface area contributed by atoms with Crippen molar-refractivity contribution in [2.24, 2.45) is 5.92 Å². The topological polar surface area (TPSA) is 112 Å². The van der Waals surface area contributed by atoms with Gasteiger partial charge in [-0.3, -0.25) is 9.36 Å². The molecular weight excluding hydrogens is 573 g/mol. The highest BCUT2D eigenvalue weighted by Gasteiger charge is 2.32. The summed E-state index contributed by atoms with van der Waals surface area (Å²) in [6.45, 7) is 4.45. The van der Waals surface area contributed by atoms with Gasteiger partial charge in [0.05, 0.1) is 27.8 Å². The lowest BCUT2D eigenvalue weighted by Crippen LogP contribution is -2.29. The number of carbonyl (C=O) groups is 1. The van der Waals surface area contributed by atoms with Crippen molar-refractivity contribution in [3.63, 3.8) is 0 Å². The standard InChI is InChI=1S/C29H30Cl2F2N6O2/c1-15(2)14-35-22(40)13-18-8-10-19(30)23(33)25(18)39-26(17-9-11-21(32)20(31)12-17)24(28-37-38-29(34)41-28)36-27(39)16-6-4-3-5-7-16/h8-12,15-16H,3-7,13-14H2,1-2H3,(H2,34,38)(H,35,40). The molecule has 0 spiro atoms. The van der Waals surface area contributed by atoms with E-state index >= 15 is 4.39 Å². The molecule has 0 saturated heterocycles. The minimum atomic E-state index is -0.721. The van der Waals surface area contributed by atoms with Crippen LogP contribution in [0.4, 0.5) is 14.8 Å². The predicted molar refractivity (Wildman–Crippen MR) is 154 cm³/mol. The van der Waals surface area contributed by atoms with Gasteiger partial charge >= 0.3 is 6.01 Å². The lowest BCUT2D eigenvalue weighted by atomic mass is 9.88. The van der Waals surface area contributed by atoms with Gasteiger partial charge in [-0.05, 0) is 48.6 Å². The van der Waals surface area contributed by atoms with Gasteiger partial charge < -0.3 is 15.5 Å². The third kappa shape index (κ3) is 6.08. The highest BCUT2D eigenvalue weighted by molar-refractivity contribution is 6.31. The van der Waals surface area contributed by atoms with Crippen LogP contribution in [0.1, 0.15) is 63.3 Å². The first-order chi connectivity index (χ1) is 19.6. The van der Waals surface area contributed by atoms with Crippen molar-refractivity contribution in [1.82, 2.24) is 25.1 Å². The fourth-order valence-electron chi connectivity index (χ4n) is 5.21. The van der Waals surface area contributed by atoms with Crippen molar-refractivity contribution < 1.29 is 18.0 Å². The Hall–Kier alpha value is -3.50. The average Bonchev–Trinajstić information content (AvgIpc) is 3.55. The molecule has 8 nitrogen and oxygen atoms in total. The van der Waals surface area contributed by atoms with Gasteiger partial charge in [-0.25, -0.2) is 13.8 Å². The maximum Gasteiger partial charge on any atom is 0.313 e. The van der Waals surface area contributed by atoms with Gasteiger partial charge in [-0.15, -0.1) is 5.10 Å². The van der Waals surface area contributed by atoms with E-state index in [1.54, 1.807) is 10.6 Å². The molecule has 4 aromatic rings. The van der Waals surface area contributed by atoms with E-state index < -0.39 is 11.6 Å². The fraction of sp³-hybridized carbons (Fsp3) is 0.379. The lowest BCUT2D eigenvalue weighted by Gasteiger charge is -2.24. The molecule has 0 radical (unpaired) electrons. The van der Waals surface area contributed by atoms with Crippen LogP contribution in [-0.2, 0) is 11.2 Å². The number of halogens is 4. The van der Waals surface area contributed by atoms with E-state index in [0.717, 1.165) is 32.1 Å². The van der Waals surface area contributed by atoms with Crippen LogP contribution in [0.5, 0.6) is 0 Å². The molecule has 0 unspecified atom stereocenters. The van der Waals surface area contributed by atoms with Gasteiger partial charge in [0, 0.05) is 18.0 Å². The van der Waals surface area contributed by atoms with Crippen LogP contribution in [0.15, 0.2) is 34.7 Å². The molecule has 2 aromatic heterocycles. The fourth-order valence-corrected chi connectivity index (χ4v) is 5.54. The molecule has 41 heavy (non-hydrogen) atoms. The van der Waals surface area contributed by atoms with E-state index in [1.165, 1.54) is 24.3 Å². The predicted octanol–water partition coefficient (Wildman–Crippen LogP) is 7.12. The Labute approximate surface area is 246 Å². The highest BCUT2D eigenvalue weighted by atomic mass is 35.5. The Morgan fingerprint density at radius 2 is 1.88 bits per heavy atom. The highest BCUT2D eigenvalue weighted by Crippen LogP contribution is 2.43. The van der Waals surface area contributed by atoms with Crippen molar-refractivity contribution in [3.8, 4) is 28.5 Å². The van der Waals surface area contributed by atoms with E-state index in [9.17, 15) is 9.18 Å². The lowest BCUT2D eigenvalue weighted by molar-refractivity contribution is -0.120. The van der Waals surface area contributed by atoms with E-state index in [0.29, 0.717) is 29.2 Å². The van der Waals surface area contributed by atoms with Gasteiger partial charge in [0.25, 0.3) is 5.89 Å². The summed E-state index contributed by atoms with van der Waals surface area (Å²) in [5.41, 5.74) is 7.20. The zero-order chi connectivity index (χ0) is 29.3. The summed E-state index contributed by atoms with van der Waals surface area (Å²) in [5, 5.41) is 10.5. The molecule has 12 heteroatoms. The van der Waals surface area contributed by atoms with E-state index in [1.807, 2.05) is 13.8 Å². The molecule has 1 fully saturated rings. The smallest absolute Gasteiger partial charge is 0.313 e. The third-order valence-electron chi connectivity index (χ3n) is 7.14. The molecule has 2 heterocycles. The first-order valence-corrected chi connectivity index (χ1v) is 14.3. The van der Waals surface area contributed by atoms with Crippen LogP contribution in [0, 0.1) is 17.6 Å². The summed E-state index contributed by atoms with van der Waals surface area (Å²) in [4.78, 5) is 17.9. The Morgan fingerprint density at radius 1 is 1.12 bits per heavy atom. The molecule has 1 amide bonds. The number of imidazole rings is 1. The molecule has 5 rings (SSSR count). The summed E-state index contributed by atoms with van der Waals surface area (Å²) in [5.74, 6) is -0.864. The van der Waals surface area contributed by atoms with Crippen LogP contribution >= 0.6 is 23.2 Å². The van der Waals surface area contributed by atoms with E-state index in [4.69, 9.17) is 38.3 Å². The average molecular weight is 604 g/mol. The normalized spacial score (nSPS) is 14.1. The quantitative estimate of drug-likeness (QED) is 0.222. The van der Waals surface area contributed by atoms with Gasteiger partial charge in [0.15, 0.2) is 11.5 Å². The molecule has 216 valence electrons. The van der Waals surface area contributed by atoms with Crippen molar-refractivity contribution in [2.75, 3.05) is 12.3 Å². The zero-order valence-corrected chi connectivity index (χ0v) is 24.2. The van der Waals surface area contributed by atoms with Crippen molar-refractivity contribution >= 4 is 35.1 Å². The molecule has 1 aliphatic carbocycles. The number of rotatable bonds is 8. The second-order valence-electron chi connectivity index (χ2n) is 10.7. The van der Waals surface area contributed by atoms with Crippen LogP contribution < -0.4 is 11.1 Å². The Bertz CT molecular complexity index is 1580. The molecule has 1 aliphatic rings. The molecule has 1 saturated carbocycles. The Balaban J connectivity index is 1.81. The number of nitrogens with one attached hydrogen (secondary N) is 1. The zero-order valence-electron chi connectivity index (χ0n) is 22.7. The number of benzene rings is 2. The summed E-state index contributed by atoms with van der Waals surface area (Å²) in [7, 11) is 0. The molecular formula is C29H30Cl2F2N6O2. The number of anilines is 1. The molecule has 0 atom stereocenters. The molecule has 0 bridgehead atoms. The van der Waals surface area contributed by atoms with Crippen molar-refractivity contribution in [3.05, 3.63) is 63.4 Å². The van der Waals surface area contributed by atoms with Gasteiger partial charge in [0.2, 0.25) is 5.91 Å². The summed E-state index contributed by atoms with van der Waals surface area (Å²) in [6.07, 6.45) is 4.56. The number of carbonyl (C=O) groups excluding carboxylic acids is 1. The molecule has 0 aliphatic heterocycles. The van der Waals surface area contributed by atoms with Gasteiger partial charge in [-0.2, -0.15) is 0 Å². The van der Waals surface area contributed by atoms with Gasteiger partial charge in [-0.1, -0.05) is 67.5 Å². The molecule has 3 N–H and O–H groups in total. The monoisotopic (exact) mass is 602 g/mol. The van der Waals surface area contributed by atoms with Crippen LogP contribution in [-0.4, -0.2) is 32.2 Å². The van der Waals surface area contributed by atoms with Gasteiger partial charge in [0.1, 0.15) is 11.6 Å². The second-order valence-corrected chi connectivity index (χ2v) is 11.5. The number of nitrogen functional groups attached to an aromatic ring is 1. The first-order valence-electron chi connectivity index (χ1n) is 13.5. The second kappa shape index (κ2) is 12.2. The number of nitrogens with zero attached hydrogens (tertiary/aromatic N) is 4. The van der Waals surface area contributed by atoms with Crippen LogP contribution in [0.2, 0.25) is 10.0 Å². The maximum atomic E-state index is 16.2. The van der Waals surface area contributed by atoms with E-state index in [2.05, 4.69) is 15.5 Å². The number of hydrogen-bond donors (Lipinski definition) is 2. The minimum Gasteiger partial charge on any atom is -0.402 e. The third-order valence-corrected chi connectivity index (χ3v) is 7.73. The van der Waals surface area contributed by atoms with Crippen molar-refractivity contribution in [1.29, 1.82) is 0 Å². The maximum absolute atomic E-state index is 16.2. The first kappa shape index (κ1) is 29.0. The largest absolute Gasteiger partial charge is 0.402 e. The van der Waals surface area contributed by atoms with E-state index in [-0.39, 0.29) is 57.5 Å². The summed E-state index contributed by atoms with van der Waals surface area (Å²) in [6, 6.07) is 7.04. The summed E-state index contributed by atoms with van der Waals surface area (Å²) < 4.78 is 37.7.